The van der Waals surface area contributed by atoms with E-state index in [-0.39, 0.29) is 17.9 Å². The van der Waals surface area contributed by atoms with Crippen molar-refractivity contribution in [1.82, 2.24) is 10.2 Å². The molecule has 1 heterocycles. The first-order valence-corrected chi connectivity index (χ1v) is 7.05. The van der Waals surface area contributed by atoms with Gasteiger partial charge in [0, 0.05) is 12.3 Å². The second-order valence-electron chi connectivity index (χ2n) is 5.38. The molecule has 2 rings (SSSR count). The highest BCUT2D eigenvalue weighted by molar-refractivity contribution is 5.92. The van der Waals surface area contributed by atoms with Gasteiger partial charge in [-0.25, -0.2) is 0 Å². The number of carbonyl (C=O) groups excluding carboxylic acids is 1. The molecule has 1 fully saturated rings. The number of likely N-dealkylation sites (N-methyl/N-ethyl adjacent to an activating group) is 1. The van der Waals surface area contributed by atoms with Crippen LogP contribution in [0.3, 0.4) is 0 Å². The summed E-state index contributed by atoms with van der Waals surface area (Å²) in [4.78, 5) is 14.5. The number of rotatable bonds is 4. The number of benzene rings is 1. The molecule has 0 spiro atoms. The molecular weight excluding hydrogens is 264 g/mol. The van der Waals surface area contributed by atoms with Crippen LogP contribution in [0.5, 0.6) is 0 Å². The van der Waals surface area contributed by atoms with E-state index in [2.05, 4.69) is 11.4 Å². The Balaban J connectivity index is 2.25. The highest BCUT2D eigenvalue weighted by atomic mass is 16.2. The van der Waals surface area contributed by atoms with E-state index in [0.717, 1.165) is 5.56 Å². The highest BCUT2D eigenvalue weighted by Gasteiger charge is 2.39. The van der Waals surface area contributed by atoms with Gasteiger partial charge in [-0.05, 0) is 26.0 Å². The van der Waals surface area contributed by atoms with Crippen molar-refractivity contribution in [2.45, 2.75) is 25.4 Å². The molecule has 5 heteroatoms. The average Bonchev–Trinajstić information content (AvgIpc) is 2.93. The third-order valence-corrected chi connectivity index (χ3v) is 3.94. The van der Waals surface area contributed by atoms with E-state index in [4.69, 9.17) is 10.7 Å². The predicted molar refractivity (Wildman–Crippen MR) is 80.9 cm³/mol. The lowest BCUT2D eigenvalue weighted by molar-refractivity contribution is -0.133. The maximum absolute atomic E-state index is 12.8. The van der Waals surface area contributed by atoms with Crippen LogP contribution in [0, 0.1) is 22.7 Å². The van der Waals surface area contributed by atoms with Gasteiger partial charge in [0.25, 0.3) is 0 Å². The molecule has 0 bridgehead atoms. The Labute approximate surface area is 125 Å². The molecule has 21 heavy (non-hydrogen) atoms. The van der Waals surface area contributed by atoms with Gasteiger partial charge in [-0.1, -0.05) is 30.3 Å². The first kappa shape index (κ1) is 15.2. The molecule has 0 saturated carbocycles. The molecule has 5 nitrogen and oxygen atoms in total. The average molecular weight is 284 g/mol. The first-order valence-electron chi connectivity index (χ1n) is 7.05. The van der Waals surface area contributed by atoms with Gasteiger partial charge in [0.15, 0.2) is 0 Å². The van der Waals surface area contributed by atoms with Crippen LogP contribution >= 0.6 is 0 Å². The number of carbonyl (C=O) groups is 1. The summed E-state index contributed by atoms with van der Waals surface area (Å²) in [5, 5.41) is 20.0. The minimum absolute atomic E-state index is 0.0713. The summed E-state index contributed by atoms with van der Waals surface area (Å²) in [6.07, 6.45) is 0.558. The van der Waals surface area contributed by atoms with Crippen LogP contribution in [-0.2, 0) is 4.79 Å². The number of likely N-dealkylation sites (tertiary alicyclic amines) is 1. The Morgan fingerprint density at radius 3 is 2.67 bits per heavy atom. The SMILES string of the molecule is CN[C@@H](C(=O)N1C[C@@H](C#N)C[C@H]1C(C)=N)c1ccccc1. The van der Waals surface area contributed by atoms with Gasteiger partial charge in [0.1, 0.15) is 6.04 Å². The quantitative estimate of drug-likeness (QED) is 0.826. The fraction of sp³-hybridized carbons (Fsp3) is 0.438. The van der Waals surface area contributed by atoms with Crippen molar-refractivity contribution in [3.8, 4) is 6.07 Å². The summed E-state index contributed by atoms with van der Waals surface area (Å²) >= 11 is 0. The van der Waals surface area contributed by atoms with Gasteiger partial charge in [-0.3, -0.25) is 4.79 Å². The van der Waals surface area contributed by atoms with Crippen molar-refractivity contribution >= 4 is 11.6 Å². The van der Waals surface area contributed by atoms with Crippen molar-refractivity contribution in [3.63, 3.8) is 0 Å². The number of nitriles is 1. The molecule has 1 aromatic rings. The maximum atomic E-state index is 12.8. The molecule has 1 aliphatic heterocycles. The maximum Gasteiger partial charge on any atom is 0.244 e. The topological polar surface area (TPSA) is 80.0 Å². The van der Waals surface area contributed by atoms with E-state index >= 15 is 0 Å². The largest absolute Gasteiger partial charge is 0.331 e. The van der Waals surface area contributed by atoms with Crippen molar-refractivity contribution in [3.05, 3.63) is 35.9 Å². The van der Waals surface area contributed by atoms with Crippen molar-refractivity contribution in [2.24, 2.45) is 5.92 Å². The first-order chi connectivity index (χ1) is 10.1. The second kappa shape index (κ2) is 6.51. The minimum Gasteiger partial charge on any atom is -0.331 e. The number of hydrogen-bond acceptors (Lipinski definition) is 4. The van der Waals surface area contributed by atoms with Crippen LogP contribution in [-0.4, -0.2) is 36.2 Å². The smallest absolute Gasteiger partial charge is 0.244 e. The van der Waals surface area contributed by atoms with E-state index in [0.29, 0.717) is 18.7 Å². The Hall–Kier alpha value is -2.19. The third-order valence-electron chi connectivity index (χ3n) is 3.94. The minimum atomic E-state index is -0.439. The van der Waals surface area contributed by atoms with Gasteiger partial charge in [0.05, 0.1) is 18.0 Å². The molecule has 1 aromatic carbocycles. The molecule has 0 aromatic heterocycles. The molecule has 3 atom stereocenters. The molecule has 1 aliphatic rings. The van der Waals surface area contributed by atoms with Gasteiger partial charge in [0.2, 0.25) is 5.91 Å². The van der Waals surface area contributed by atoms with Crippen LogP contribution < -0.4 is 5.32 Å². The normalized spacial score (nSPS) is 22.6. The summed E-state index contributed by atoms with van der Waals surface area (Å²) in [5.41, 5.74) is 1.33. The van der Waals surface area contributed by atoms with Crippen LogP contribution in [0.1, 0.15) is 24.9 Å². The monoisotopic (exact) mass is 284 g/mol. The third kappa shape index (κ3) is 3.11. The molecule has 2 N–H and O–H groups in total. The van der Waals surface area contributed by atoms with Gasteiger partial charge >= 0.3 is 0 Å². The van der Waals surface area contributed by atoms with E-state index in [1.54, 1.807) is 18.9 Å². The highest BCUT2D eigenvalue weighted by Crippen LogP contribution is 2.27. The molecule has 1 saturated heterocycles. The van der Waals surface area contributed by atoms with Crippen molar-refractivity contribution < 1.29 is 4.79 Å². The van der Waals surface area contributed by atoms with Crippen molar-refractivity contribution in [1.29, 1.82) is 10.7 Å². The molecule has 110 valence electrons. The Bertz CT molecular complexity index is 563. The van der Waals surface area contributed by atoms with Gasteiger partial charge in [-0.2, -0.15) is 5.26 Å². The molecular formula is C16H20N4O. The fourth-order valence-electron chi connectivity index (χ4n) is 2.83. The second-order valence-corrected chi connectivity index (χ2v) is 5.38. The zero-order valence-corrected chi connectivity index (χ0v) is 12.3. The Morgan fingerprint density at radius 2 is 2.14 bits per heavy atom. The summed E-state index contributed by atoms with van der Waals surface area (Å²) in [6.45, 7) is 2.10. The standard InChI is InChI=1S/C16H20N4O/c1-11(18)14-8-12(9-17)10-20(14)16(21)15(19-2)13-6-4-3-5-7-13/h3-7,12,14-15,18-19H,8,10H2,1-2H3/t12-,14+,15-/m1/s1. The zero-order chi connectivity index (χ0) is 15.4. The summed E-state index contributed by atoms with van der Waals surface area (Å²) in [7, 11) is 1.75. The van der Waals surface area contributed by atoms with E-state index in [1.165, 1.54) is 0 Å². The van der Waals surface area contributed by atoms with E-state index in [1.807, 2.05) is 30.3 Å². The number of nitrogens with one attached hydrogen (secondary N) is 2. The lowest BCUT2D eigenvalue weighted by Gasteiger charge is -2.28. The number of amides is 1. The number of nitrogens with zero attached hydrogens (tertiary/aromatic N) is 2. The Morgan fingerprint density at radius 1 is 1.48 bits per heavy atom. The van der Waals surface area contributed by atoms with Gasteiger partial charge < -0.3 is 15.6 Å². The molecule has 0 radical (unpaired) electrons. The van der Waals surface area contributed by atoms with E-state index in [9.17, 15) is 4.79 Å². The lowest BCUT2D eigenvalue weighted by Crippen LogP contribution is -2.45. The van der Waals surface area contributed by atoms with E-state index < -0.39 is 6.04 Å². The number of hydrogen-bond donors (Lipinski definition) is 2. The van der Waals surface area contributed by atoms with Crippen LogP contribution in [0.25, 0.3) is 0 Å². The molecule has 0 unspecified atom stereocenters. The zero-order valence-electron chi connectivity index (χ0n) is 12.3. The van der Waals surface area contributed by atoms with Crippen LogP contribution in [0.4, 0.5) is 0 Å². The Kier molecular flexibility index (Phi) is 4.71. The molecule has 1 amide bonds. The summed E-state index contributed by atoms with van der Waals surface area (Å²) < 4.78 is 0. The lowest BCUT2D eigenvalue weighted by atomic mass is 10.0. The van der Waals surface area contributed by atoms with Crippen LogP contribution in [0.15, 0.2) is 30.3 Å². The fourth-order valence-corrected chi connectivity index (χ4v) is 2.83. The van der Waals surface area contributed by atoms with Crippen molar-refractivity contribution in [2.75, 3.05) is 13.6 Å². The van der Waals surface area contributed by atoms with Gasteiger partial charge in [-0.15, -0.1) is 0 Å². The summed E-state index contributed by atoms with van der Waals surface area (Å²) in [6, 6.07) is 11.0. The molecule has 0 aliphatic carbocycles. The van der Waals surface area contributed by atoms with Crippen LogP contribution in [0.2, 0.25) is 0 Å². The predicted octanol–water partition coefficient (Wildman–Crippen LogP) is 1.73. The summed E-state index contributed by atoms with van der Waals surface area (Å²) in [5.74, 6) is -0.259.